The predicted octanol–water partition coefficient (Wildman–Crippen LogP) is 4.37. The van der Waals surface area contributed by atoms with Crippen molar-refractivity contribution in [3.05, 3.63) is 58.6 Å². The van der Waals surface area contributed by atoms with Gasteiger partial charge in [-0.15, -0.1) is 0 Å². The minimum atomic E-state index is -1.39. The summed E-state index contributed by atoms with van der Waals surface area (Å²) >= 11 is 6.17. The van der Waals surface area contributed by atoms with Crippen molar-refractivity contribution >= 4 is 28.7 Å². The fourth-order valence-electron chi connectivity index (χ4n) is 4.16. The van der Waals surface area contributed by atoms with Gasteiger partial charge in [0, 0.05) is 34.6 Å². The number of H-pyrrole nitrogens is 1. The maximum absolute atomic E-state index is 11.4. The topological polar surface area (TPSA) is 95.0 Å². The van der Waals surface area contributed by atoms with Crippen molar-refractivity contribution < 1.29 is 24.5 Å². The molecule has 3 N–H and O–H groups in total. The molecule has 0 bridgehead atoms. The van der Waals surface area contributed by atoms with Crippen LogP contribution in [-0.4, -0.2) is 46.5 Å². The van der Waals surface area contributed by atoms with Gasteiger partial charge in [-0.3, -0.25) is 4.90 Å². The number of nitrogens with one attached hydrogen (secondary N) is 1. The number of nitrogens with zero attached hydrogens (tertiary/aromatic N) is 1. The zero-order valence-electron chi connectivity index (χ0n) is 16.5. The largest absolute Gasteiger partial charge is 0.512 e. The van der Waals surface area contributed by atoms with E-state index in [-0.39, 0.29) is 5.88 Å². The second-order valence-corrected chi connectivity index (χ2v) is 8.00. The summed E-state index contributed by atoms with van der Waals surface area (Å²) in [7, 11) is 1.60. The standard InChI is InChI=1S/C22H23ClN2O5/c1-29-16-5-2-4-14(10-16)22(28)8-3-9-25(13-22)12-18-17-11-15(23)6-7-19(17)24-20(18)30-21(26)27/h2,4-7,10-11,24,28H,3,8-9,12-13H2,1H3,(H,26,27). The number of ether oxygens (including phenoxy) is 2. The lowest BCUT2D eigenvalue weighted by Crippen LogP contribution is -2.45. The van der Waals surface area contributed by atoms with Gasteiger partial charge in [-0.05, 0) is 55.3 Å². The fraction of sp³-hybridized carbons (Fsp3) is 0.318. The average molecular weight is 431 g/mol. The number of hydrogen-bond acceptors (Lipinski definition) is 5. The summed E-state index contributed by atoms with van der Waals surface area (Å²) in [5.74, 6) is 0.872. The third-order valence-corrected chi connectivity index (χ3v) is 5.79. The highest BCUT2D eigenvalue weighted by Crippen LogP contribution is 2.36. The molecule has 1 saturated heterocycles. The molecule has 8 heteroatoms. The second-order valence-electron chi connectivity index (χ2n) is 7.57. The molecule has 1 aromatic heterocycles. The summed E-state index contributed by atoms with van der Waals surface area (Å²) < 4.78 is 10.3. The molecule has 1 unspecified atom stereocenters. The summed E-state index contributed by atoms with van der Waals surface area (Å²) in [4.78, 5) is 16.3. The van der Waals surface area contributed by atoms with Crippen LogP contribution in [0.3, 0.4) is 0 Å². The molecule has 1 atom stereocenters. The third-order valence-electron chi connectivity index (χ3n) is 5.56. The molecule has 1 fully saturated rings. The molecule has 0 spiro atoms. The van der Waals surface area contributed by atoms with Gasteiger partial charge in [0.25, 0.3) is 0 Å². The summed E-state index contributed by atoms with van der Waals surface area (Å²) in [6, 6.07) is 12.8. The van der Waals surface area contributed by atoms with Crippen molar-refractivity contribution in [2.24, 2.45) is 0 Å². The zero-order chi connectivity index (χ0) is 21.3. The molecule has 7 nitrogen and oxygen atoms in total. The number of aliphatic hydroxyl groups is 1. The Morgan fingerprint density at radius 3 is 2.90 bits per heavy atom. The van der Waals surface area contributed by atoms with Crippen molar-refractivity contribution in [1.29, 1.82) is 0 Å². The van der Waals surface area contributed by atoms with Crippen LogP contribution in [-0.2, 0) is 12.1 Å². The van der Waals surface area contributed by atoms with Crippen molar-refractivity contribution in [2.75, 3.05) is 20.2 Å². The molecule has 1 aliphatic heterocycles. The molecule has 3 aromatic rings. The Hall–Kier alpha value is -2.74. The highest BCUT2D eigenvalue weighted by Gasteiger charge is 2.36. The fourth-order valence-corrected chi connectivity index (χ4v) is 4.33. The molecule has 30 heavy (non-hydrogen) atoms. The Bertz CT molecular complexity index is 1080. The SMILES string of the molecule is COc1cccc(C2(O)CCCN(Cc3c(OC(=O)O)[nH]c4ccc(Cl)cc34)C2)c1. The lowest BCUT2D eigenvalue weighted by atomic mass is 9.85. The van der Waals surface area contributed by atoms with E-state index in [0.29, 0.717) is 35.8 Å². The first-order chi connectivity index (χ1) is 14.4. The maximum atomic E-state index is 11.4. The van der Waals surface area contributed by atoms with Crippen LogP contribution in [0.4, 0.5) is 4.79 Å². The van der Waals surface area contributed by atoms with Crippen LogP contribution in [0.25, 0.3) is 10.9 Å². The van der Waals surface area contributed by atoms with Gasteiger partial charge in [0.1, 0.15) is 11.4 Å². The molecule has 4 rings (SSSR count). The highest BCUT2D eigenvalue weighted by molar-refractivity contribution is 6.31. The van der Waals surface area contributed by atoms with Gasteiger partial charge in [0.15, 0.2) is 0 Å². The van der Waals surface area contributed by atoms with Gasteiger partial charge in [-0.2, -0.15) is 0 Å². The number of rotatable bonds is 5. The van der Waals surface area contributed by atoms with Crippen molar-refractivity contribution in [1.82, 2.24) is 9.88 Å². The Labute approximate surface area is 178 Å². The van der Waals surface area contributed by atoms with Crippen LogP contribution >= 0.6 is 11.6 Å². The number of aromatic amines is 1. The number of carbonyl (C=O) groups is 1. The molecule has 0 amide bonds. The normalized spacial score (nSPS) is 19.7. The number of piperidine rings is 1. The van der Waals surface area contributed by atoms with Gasteiger partial charge in [-0.1, -0.05) is 23.7 Å². The lowest BCUT2D eigenvalue weighted by Gasteiger charge is -2.39. The summed E-state index contributed by atoms with van der Waals surface area (Å²) in [6.45, 7) is 1.58. The molecular formula is C22H23ClN2O5. The average Bonchev–Trinajstić information content (AvgIpc) is 3.04. The van der Waals surface area contributed by atoms with E-state index in [0.717, 1.165) is 29.4 Å². The number of benzene rings is 2. The van der Waals surface area contributed by atoms with Gasteiger partial charge < -0.3 is 24.7 Å². The minimum absolute atomic E-state index is 0.176. The van der Waals surface area contributed by atoms with E-state index in [1.807, 2.05) is 24.3 Å². The quantitative estimate of drug-likeness (QED) is 0.520. The number of halogens is 1. The number of hydrogen-bond donors (Lipinski definition) is 3. The molecule has 0 radical (unpaired) electrons. The summed E-state index contributed by atoms with van der Waals surface area (Å²) in [5, 5.41) is 21.9. The number of methoxy groups -OCH3 is 1. The van der Waals surface area contributed by atoms with E-state index in [1.165, 1.54) is 0 Å². The summed E-state index contributed by atoms with van der Waals surface area (Å²) in [5.41, 5.74) is 1.22. The van der Waals surface area contributed by atoms with Crippen LogP contribution in [0, 0.1) is 0 Å². The number of β-amino-alcohol motifs (C(OH)–C–C–N with tert-alkyl or cyclic N) is 1. The molecule has 0 aliphatic carbocycles. The Morgan fingerprint density at radius 2 is 2.13 bits per heavy atom. The maximum Gasteiger partial charge on any atom is 0.512 e. The van der Waals surface area contributed by atoms with E-state index in [1.54, 1.807) is 25.3 Å². The number of aromatic nitrogens is 1. The lowest BCUT2D eigenvalue weighted by molar-refractivity contribution is -0.0383. The number of likely N-dealkylation sites (tertiary alicyclic amines) is 1. The van der Waals surface area contributed by atoms with Crippen LogP contribution < -0.4 is 9.47 Å². The van der Waals surface area contributed by atoms with Crippen LogP contribution in [0.1, 0.15) is 24.0 Å². The van der Waals surface area contributed by atoms with E-state index in [4.69, 9.17) is 26.2 Å². The first-order valence-corrected chi connectivity index (χ1v) is 10.1. The first-order valence-electron chi connectivity index (χ1n) is 9.68. The molecule has 0 saturated carbocycles. The Morgan fingerprint density at radius 1 is 1.30 bits per heavy atom. The van der Waals surface area contributed by atoms with Crippen LogP contribution in [0.15, 0.2) is 42.5 Å². The molecule has 158 valence electrons. The van der Waals surface area contributed by atoms with Gasteiger partial charge in [0.2, 0.25) is 5.88 Å². The number of fused-ring (bicyclic) bond motifs is 1. The molecule has 2 aromatic carbocycles. The van der Waals surface area contributed by atoms with Crippen molar-refractivity contribution in [2.45, 2.75) is 25.0 Å². The summed E-state index contributed by atoms with van der Waals surface area (Å²) in [6.07, 6.45) is 0.0429. The Kier molecular flexibility index (Phi) is 5.60. The van der Waals surface area contributed by atoms with Crippen molar-refractivity contribution in [3.63, 3.8) is 0 Å². The Balaban J connectivity index is 1.64. The van der Waals surface area contributed by atoms with Crippen LogP contribution in [0.2, 0.25) is 5.02 Å². The smallest absolute Gasteiger partial charge is 0.497 e. The third kappa shape index (κ3) is 4.09. The second kappa shape index (κ2) is 8.18. The minimum Gasteiger partial charge on any atom is -0.497 e. The molecule has 1 aliphatic rings. The number of carboxylic acid groups (broad SMARTS) is 1. The monoisotopic (exact) mass is 430 g/mol. The van der Waals surface area contributed by atoms with Crippen molar-refractivity contribution in [3.8, 4) is 11.6 Å². The highest BCUT2D eigenvalue weighted by atomic mass is 35.5. The predicted molar refractivity (Wildman–Crippen MR) is 113 cm³/mol. The van der Waals surface area contributed by atoms with Gasteiger partial charge in [0.05, 0.1) is 7.11 Å². The van der Waals surface area contributed by atoms with E-state index >= 15 is 0 Å². The molecular weight excluding hydrogens is 408 g/mol. The zero-order valence-corrected chi connectivity index (χ0v) is 17.3. The van der Waals surface area contributed by atoms with E-state index < -0.39 is 11.8 Å². The molecule has 2 heterocycles. The van der Waals surface area contributed by atoms with Gasteiger partial charge in [-0.25, -0.2) is 4.79 Å². The van der Waals surface area contributed by atoms with Gasteiger partial charge >= 0.3 is 6.16 Å². The first kappa shape index (κ1) is 20.5. The van der Waals surface area contributed by atoms with E-state index in [9.17, 15) is 9.90 Å². The van der Waals surface area contributed by atoms with E-state index in [2.05, 4.69) is 9.88 Å². The van der Waals surface area contributed by atoms with Crippen LogP contribution in [0.5, 0.6) is 11.6 Å².